The van der Waals surface area contributed by atoms with E-state index < -0.39 is 0 Å². The second-order valence-electron chi connectivity index (χ2n) is 9.68. The fourth-order valence-corrected chi connectivity index (χ4v) is 5.04. The van der Waals surface area contributed by atoms with E-state index in [1.54, 1.807) is 25.6 Å². The number of rotatable bonds is 7. The van der Waals surface area contributed by atoms with Gasteiger partial charge in [0.1, 0.15) is 5.75 Å². The van der Waals surface area contributed by atoms with Gasteiger partial charge in [-0.3, -0.25) is 14.5 Å². The van der Waals surface area contributed by atoms with Gasteiger partial charge in [-0.05, 0) is 106 Å². The zero-order chi connectivity index (χ0) is 25.1. The summed E-state index contributed by atoms with van der Waals surface area (Å²) in [5.41, 5.74) is 5.29. The van der Waals surface area contributed by atoms with Crippen LogP contribution in [0.15, 0.2) is 60.9 Å². The number of benzene rings is 2. The number of fused-ring (bicyclic) bond motifs is 1. The van der Waals surface area contributed by atoms with E-state index in [1.165, 1.54) is 25.9 Å². The van der Waals surface area contributed by atoms with Crippen LogP contribution in [0.1, 0.15) is 35.3 Å². The van der Waals surface area contributed by atoms with Crippen LogP contribution in [-0.4, -0.2) is 52.8 Å². The van der Waals surface area contributed by atoms with Crippen LogP contribution in [0.3, 0.4) is 0 Å². The molecule has 0 radical (unpaired) electrons. The van der Waals surface area contributed by atoms with Crippen molar-refractivity contribution in [3.05, 3.63) is 72.2 Å². The van der Waals surface area contributed by atoms with Crippen molar-refractivity contribution in [1.29, 1.82) is 0 Å². The smallest absolute Gasteiger partial charge is 0.259 e. The van der Waals surface area contributed by atoms with Crippen LogP contribution in [0.25, 0.3) is 22.0 Å². The quantitative estimate of drug-likeness (QED) is 0.381. The van der Waals surface area contributed by atoms with E-state index in [1.807, 2.05) is 49.4 Å². The molecule has 36 heavy (non-hydrogen) atoms. The number of ether oxygens (including phenoxy) is 1. The highest BCUT2D eigenvalue weighted by atomic mass is 16.5. The van der Waals surface area contributed by atoms with E-state index in [2.05, 4.69) is 26.9 Å². The average Bonchev–Trinajstić information content (AvgIpc) is 3.23. The molecule has 2 aromatic carbocycles. The van der Waals surface area contributed by atoms with Gasteiger partial charge in [0.2, 0.25) is 0 Å². The number of anilines is 1. The molecule has 0 unspecified atom stereocenters. The van der Waals surface area contributed by atoms with Crippen molar-refractivity contribution < 1.29 is 9.53 Å². The van der Waals surface area contributed by atoms with Gasteiger partial charge in [0, 0.05) is 30.0 Å². The summed E-state index contributed by atoms with van der Waals surface area (Å²) in [5, 5.41) is 8.98. The molecule has 7 heteroatoms. The summed E-state index contributed by atoms with van der Waals surface area (Å²) < 4.78 is 7.66. The largest absolute Gasteiger partial charge is 0.496 e. The Balaban J connectivity index is 1.34. The lowest BCUT2D eigenvalue weighted by molar-refractivity contribution is 0.102. The molecule has 7 nitrogen and oxygen atoms in total. The number of carbonyl (C=O) groups is 1. The van der Waals surface area contributed by atoms with E-state index >= 15 is 0 Å². The van der Waals surface area contributed by atoms with Crippen molar-refractivity contribution in [3.63, 3.8) is 0 Å². The van der Waals surface area contributed by atoms with Crippen LogP contribution in [0.2, 0.25) is 0 Å². The van der Waals surface area contributed by atoms with Gasteiger partial charge in [-0.1, -0.05) is 6.07 Å². The van der Waals surface area contributed by atoms with E-state index in [0.717, 1.165) is 52.3 Å². The molecule has 1 saturated heterocycles. The normalized spacial score (nSPS) is 14.8. The highest BCUT2D eigenvalue weighted by Crippen LogP contribution is 2.29. The minimum Gasteiger partial charge on any atom is -0.496 e. The molecule has 2 aromatic heterocycles. The zero-order valence-corrected chi connectivity index (χ0v) is 21.2. The van der Waals surface area contributed by atoms with Gasteiger partial charge in [0.15, 0.2) is 0 Å². The lowest BCUT2D eigenvalue weighted by Gasteiger charge is -2.28. The van der Waals surface area contributed by atoms with Crippen LogP contribution in [-0.2, 0) is 6.54 Å². The van der Waals surface area contributed by atoms with Gasteiger partial charge in [-0.2, -0.15) is 5.10 Å². The Morgan fingerprint density at radius 2 is 1.83 bits per heavy atom. The summed E-state index contributed by atoms with van der Waals surface area (Å²) >= 11 is 0. The molecule has 1 fully saturated rings. The molecule has 0 aliphatic carbocycles. The van der Waals surface area contributed by atoms with Crippen LogP contribution in [0.4, 0.5) is 5.69 Å². The Labute approximate surface area is 212 Å². The molecule has 0 atom stereocenters. The molecule has 3 heterocycles. The monoisotopic (exact) mass is 483 g/mol. The third kappa shape index (κ3) is 5.11. The van der Waals surface area contributed by atoms with Crippen molar-refractivity contribution in [1.82, 2.24) is 19.7 Å². The molecule has 1 aliphatic heterocycles. The summed E-state index contributed by atoms with van der Waals surface area (Å²) in [7, 11) is 3.78. The fourth-order valence-electron chi connectivity index (χ4n) is 5.04. The number of pyridine rings is 1. The number of likely N-dealkylation sites (tertiary alicyclic amines) is 1. The first-order chi connectivity index (χ1) is 17.5. The number of hydrogen-bond donors (Lipinski definition) is 1. The Hall–Kier alpha value is -3.71. The van der Waals surface area contributed by atoms with Gasteiger partial charge >= 0.3 is 0 Å². The number of aromatic nitrogens is 3. The van der Waals surface area contributed by atoms with Gasteiger partial charge in [-0.15, -0.1) is 0 Å². The Morgan fingerprint density at radius 3 is 2.58 bits per heavy atom. The van der Waals surface area contributed by atoms with E-state index in [-0.39, 0.29) is 5.91 Å². The minimum absolute atomic E-state index is 0.207. The summed E-state index contributed by atoms with van der Waals surface area (Å²) in [6, 6.07) is 15.5. The first kappa shape index (κ1) is 24.0. The molecule has 0 saturated carbocycles. The van der Waals surface area contributed by atoms with E-state index in [9.17, 15) is 4.79 Å². The maximum absolute atomic E-state index is 13.2. The lowest BCUT2D eigenvalue weighted by Crippen LogP contribution is -2.30. The molecule has 1 aliphatic rings. The predicted molar refractivity (Wildman–Crippen MR) is 143 cm³/mol. The van der Waals surface area contributed by atoms with Crippen LogP contribution < -0.4 is 10.1 Å². The third-order valence-electron chi connectivity index (χ3n) is 7.24. The summed E-state index contributed by atoms with van der Waals surface area (Å²) in [6.45, 7) is 5.28. The maximum atomic E-state index is 13.2. The number of nitrogens with zero attached hydrogens (tertiary/aromatic N) is 4. The second-order valence-corrected chi connectivity index (χ2v) is 9.68. The van der Waals surface area contributed by atoms with Crippen LogP contribution in [0.5, 0.6) is 5.75 Å². The van der Waals surface area contributed by atoms with Crippen molar-refractivity contribution in [2.45, 2.75) is 32.7 Å². The standard InChI is InChI=1S/C29H33N5O2/c1-20-25-7-5-24(19-27(25)34(32-20)17-12-21-10-15-33(2)16-11-21)31-29(35)26-6-4-23(18-28(26)36-3)22-8-13-30-14-9-22/h4-9,13-14,18-19,21H,10-12,15-17H2,1-3H3,(H,31,35). The number of aryl methyl sites for hydroxylation is 2. The summed E-state index contributed by atoms with van der Waals surface area (Å²) in [6.07, 6.45) is 7.12. The highest BCUT2D eigenvalue weighted by molar-refractivity contribution is 6.07. The second kappa shape index (κ2) is 10.5. The molecule has 0 bridgehead atoms. The third-order valence-corrected chi connectivity index (χ3v) is 7.24. The number of nitrogens with one attached hydrogen (secondary N) is 1. The molecule has 5 rings (SSSR count). The van der Waals surface area contributed by atoms with Gasteiger partial charge < -0.3 is 15.0 Å². The van der Waals surface area contributed by atoms with Crippen molar-refractivity contribution >= 4 is 22.5 Å². The SMILES string of the molecule is COc1cc(-c2ccncc2)ccc1C(=O)Nc1ccc2c(C)nn(CCC3CCN(C)CC3)c2c1. The van der Waals surface area contributed by atoms with E-state index in [4.69, 9.17) is 9.84 Å². The molecule has 1 amide bonds. The highest BCUT2D eigenvalue weighted by Gasteiger charge is 2.18. The first-order valence-corrected chi connectivity index (χ1v) is 12.6. The number of hydrogen-bond acceptors (Lipinski definition) is 5. The van der Waals surface area contributed by atoms with Crippen molar-refractivity contribution in [2.75, 3.05) is 32.6 Å². The van der Waals surface area contributed by atoms with Crippen molar-refractivity contribution in [3.8, 4) is 16.9 Å². The molecular weight excluding hydrogens is 450 g/mol. The molecule has 0 spiro atoms. The lowest BCUT2D eigenvalue weighted by atomic mass is 9.94. The van der Waals surface area contributed by atoms with E-state index in [0.29, 0.717) is 11.3 Å². The first-order valence-electron chi connectivity index (χ1n) is 12.6. The summed E-state index contributed by atoms with van der Waals surface area (Å²) in [4.78, 5) is 19.7. The Kier molecular flexibility index (Phi) is 7.00. The number of piperidine rings is 1. The van der Waals surface area contributed by atoms with Gasteiger partial charge in [0.25, 0.3) is 5.91 Å². The Morgan fingerprint density at radius 1 is 1.06 bits per heavy atom. The maximum Gasteiger partial charge on any atom is 0.259 e. The van der Waals surface area contributed by atoms with Crippen LogP contribution >= 0.6 is 0 Å². The molecule has 186 valence electrons. The number of methoxy groups -OCH3 is 1. The molecular formula is C29H33N5O2. The zero-order valence-electron chi connectivity index (χ0n) is 21.2. The Bertz CT molecular complexity index is 1360. The topological polar surface area (TPSA) is 72.3 Å². The van der Waals surface area contributed by atoms with Gasteiger partial charge in [-0.25, -0.2) is 0 Å². The number of carbonyl (C=O) groups excluding carboxylic acids is 1. The van der Waals surface area contributed by atoms with Crippen molar-refractivity contribution in [2.24, 2.45) is 5.92 Å². The molecule has 1 N–H and O–H groups in total. The summed E-state index contributed by atoms with van der Waals surface area (Å²) in [5.74, 6) is 1.06. The van der Waals surface area contributed by atoms with Gasteiger partial charge in [0.05, 0.1) is 23.9 Å². The minimum atomic E-state index is -0.207. The van der Waals surface area contributed by atoms with Crippen LogP contribution in [0, 0.1) is 12.8 Å². The predicted octanol–water partition coefficient (Wildman–Crippen LogP) is 5.40. The average molecular weight is 484 g/mol. The molecule has 4 aromatic rings. The number of amides is 1. The fraction of sp³-hybridized carbons (Fsp3) is 0.345.